The second-order valence-electron chi connectivity index (χ2n) is 4.96. The van der Waals surface area contributed by atoms with Crippen LogP contribution in [-0.2, 0) is 4.43 Å². The molecule has 0 N–H and O–H groups in total. The van der Waals surface area contributed by atoms with E-state index in [9.17, 15) is 0 Å². The highest BCUT2D eigenvalue weighted by atomic mass is 32.1. The van der Waals surface area contributed by atoms with Crippen LogP contribution in [0.2, 0.25) is 19.1 Å². The van der Waals surface area contributed by atoms with E-state index in [0.717, 1.165) is 5.75 Å². The molecule has 1 aliphatic rings. The highest BCUT2D eigenvalue weighted by molar-refractivity contribution is 7.80. The van der Waals surface area contributed by atoms with Gasteiger partial charge in [0.15, 0.2) is 8.32 Å². The zero-order chi connectivity index (χ0) is 10.4. The SMILES string of the molecule is C[Si](C)(CCCS)OC1CCCCC1. The fourth-order valence-corrected chi connectivity index (χ4v) is 4.94. The van der Waals surface area contributed by atoms with Crippen molar-refractivity contribution >= 4 is 20.9 Å². The van der Waals surface area contributed by atoms with Crippen molar-refractivity contribution in [3.8, 4) is 0 Å². The Morgan fingerprint density at radius 1 is 1.21 bits per heavy atom. The standard InChI is InChI=1S/C11H24OSSi/c1-14(2,10-6-9-13)12-11-7-4-3-5-8-11/h11,13H,3-10H2,1-2H3. The summed E-state index contributed by atoms with van der Waals surface area (Å²) in [4.78, 5) is 0. The van der Waals surface area contributed by atoms with Crippen molar-refractivity contribution in [1.29, 1.82) is 0 Å². The summed E-state index contributed by atoms with van der Waals surface area (Å²) in [5.74, 6) is 1.00. The molecule has 1 saturated carbocycles. The van der Waals surface area contributed by atoms with Crippen LogP contribution < -0.4 is 0 Å². The molecular weight excluding hydrogens is 208 g/mol. The molecule has 14 heavy (non-hydrogen) atoms. The molecule has 0 amide bonds. The Morgan fingerprint density at radius 2 is 1.86 bits per heavy atom. The van der Waals surface area contributed by atoms with Crippen LogP contribution in [0.15, 0.2) is 0 Å². The van der Waals surface area contributed by atoms with Gasteiger partial charge in [-0.05, 0) is 44.2 Å². The lowest BCUT2D eigenvalue weighted by atomic mass is 9.98. The molecule has 0 radical (unpaired) electrons. The van der Waals surface area contributed by atoms with Gasteiger partial charge in [-0.1, -0.05) is 19.3 Å². The molecule has 0 heterocycles. The molecule has 0 bridgehead atoms. The van der Waals surface area contributed by atoms with Crippen LogP contribution >= 0.6 is 12.6 Å². The van der Waals surface area contributed by atoms with Crippen LogP contribution in [0.25, 0.3) is 0 Å². The third-order valence-electron chi connectivity index (χ3n) is 2.97. The van der Waals surface area contributed by atoms with Gasteiger partial charge < -0.3 is 4.43 Å². The largest absolute Gasteiger partial charge is 0.414 e. The van der Waals surface area contributed by atoms with Gasteiger partial charge in [0.25, 0.3) is 0 Å². The summed E-state index contributed by atoms with van der Waals surface area (Å²) in [7, 11) is -1.36. The van der Waals surface area contributed by atoms with E-state index in [2.05, 4.69) is 25.7 Å². The number of rotatable bonds is 5. The van der Waals surface area contributed by atoms with Crippen molar-refractivity contribution in [2.75, 3.05) is 5.75 Å². The van der Waals surface area contributed by atoms with E-state index < -0.39 is 8.32 Å². The Balaban J connectivity index is 2.25. The van der Waals surface area contributed by atoms with Gasteiger partial charge in [-0.2, -0.15) is 12.6 Å². The van der Waals surface area contributed by atoms with Gasteiger partial charge in [0.1, 0.15) is 0 Å². The summed E-state index contributed by atoms with van der Waals surface area (Å²) in [6.07, 6.45) is 8.58. The van der Waals surface area contributed by atoms with Crippen molar-refractivity contribution in [3.05, 3.63) is 0 Å². The quantitative estimate of drug-likeness (QED) is 0.559. The minimum atomic E-state index is -1.36. The predicted octanol–water partition coefficient (Wildman–Crippen LogP) is 3.86. The minimum absolute atomic E-state index is 0.588. The molecule has 0 aliphatic heterocycles. The zero-order valence-electron chi connectivity index (χ0n) is 9.59. The number of thiol groups is 1. The summed E-state index contributed by atoms with van der Waals surface area (Å²) in [5.41, 5.74) is 0. The highest BCUT2D eigenvalue weighted by Gasteiger charge is 2.26. The first-order valence-electron chi connectivity index (χ1n) is 5.93. The maximum atomic E-state index is 6.29. The monoisotopic (exact) mass is 232 g/mol. The topological polar surface area (TPSA) is 9.23 Å². The third-order valence-corrected chi connectivity index (χ3v) is 5.82. The molecule has 0 aromatic heterocycles. The molecule has 0 atom stereocenters. The van der Waals surface area contributed by atoms with E-state index in [4.69, 9.17) is 4.43 Å². The molecule has 3 heteroatoms. The first-order valence-corrected chi connectivity index (χ1v) is 9.67. The first-order chi connectivity index (χ1) is 6.64. The number of hydrogen-bond acceptors (Lipinski definition) is 2. The lowest BCUT2D eigenvalue weighted by Crippen LogP contribution is -2.36. The molecule has 1 fully saturated rings. The fraction of sp³-hybridized carbons (Fsp3) is 1.00. The van der Waals surface area contributed by atoms with Crippen molar-refractivity contribution < 1.29 is 4.43 Å². The van der Waals surface area contributed by atoms with Gasteiger partial charge in [0.05, 0.1) is 0 Å². The van der Waals surface area contributed by atoms with E-state index in [1.807, 2.05) is 0 Å². The summed E-state index contributed by atoms with van der Waals surface area (Å²) in [6, 6.07) is 1.27. The van der Waals surface area contributed by atoms with Crippen LogP contribution in [-0.4, -0.2) is 20.2 Å². The van der Waals surface area contributed by atoms with Crippen LogP contribution in [0.4, 0.5) is 0 Å². The first kappa shape index (κ1) is 12.6. The summed E-state index contributed by atoms with van der Waals surface area (Å²) in [5, 5.41) is 0. The van der Waals surface area contributed by atoms with Crippen molar-refractivity contribution in [3.63, 3.8) is 0 Å². The fourth-order valence-electron chi connectivity index (χ4n) is 2.20. The van der Waals surface area contributed by atoms with E-state index >= 15 is 0 Å². The molecule has 0 spiro atoms. The van der Waals surface area contributed by atoms with Gasteiger partial charge in [0, 0.05) is 6.10 Å². The van der Waals surface area contributed by atoms with Crippen LogP contribution in [0.3, 0.4) is 0 Å². The van der Waals surface area contributed by atoms with E-state index in [1.54, 1.807) is 0 Å². The average molecular weight is 232 g/mol. The minimum Gasteiger partial charge on any atom is -0.414 e. The van der Waals surface area contributed by atoms with Crippen molar-refractivity contribution in [1.82, 2.24) is 0 Å². The zero-order valence-corrected chi connectivity index (χ0v) is 11.5. The highest BCUT2D eigenvalue weighted by Crippen LogP contribution is 2.25. The Bertz CT molecular complexity index is 155. The van der Waals surface area contributed by atoms with Crippen LogP contribution in [0.1, 0.15) is 38.5 Å². The molecule has 0 aromatic carbocycles. The van der Waals surface area contributed by atoms with E-state index in [0.29, 0.717) is 6.10 Å². The lowest BCUT2D eigenvalue weighted by molar-refractivity contribution is 0.145. The normalized spacial score (nSPS) is 19.9. The van der Waals surface area contributed by atoms with Crippen LogP contribution in [0.5, 0.6) is 0 Å². The average Bonchev–Trinajstić information content (AvgIpc) is 2.16. The molecule has 0 saturated heterocycles. The number of hydrogen-bond donors (Lipinski definition) is 1. The molecule has 84 valence electrons. The van der Waals surface area contributed by atoms with Crippen molar-refractivity contribution in [2.24, 2.45) is 0 Å². The maximum absolute atomic E-state index is 6.29. The third kappa shape index (κ3) is 4.85. The molecule has 1 rings (SSSR count). The molecule has 1 nitrogen and oxygen atoms in total. The Kier molecular flexibility index (Phi) is 5.56. The predicted molar refractivity (Wildman–Crippen MR) is 68.7 cm³/mol. The molecular formula is C11H24OSSi. The molecule has 0 aromatic rings. The van der Waals surface area contributed by atoms with Gasteiger partial charge in [-0.15, -0.1) is 0 Å². The van der Waals surface area contributed by atoms with E-state index in [-0.39, 0.29) is 0 Å². The van der Waals surface area contributed by atoms with Gasteiger partial charge in [-0.3, -0.25) is 0 Å². The Hall–Kier alpha value is 0.527. The summed E-state index contributed by atoms with van der Waals surface area (Å²) in [6.45, 7) is 4.70. The van der Waals surface area contributed by atoms with Gasteiger partial charge in [-0.25, -0.2) is 0 Å². The smallest absolute Gasteiger partial charge is 0.187 e. The molecule has 0 unspecified atom stereocenters. The Morgan fingerprint density at radius 3 is 2.43 bits per heavy atom. The van der Waals surface area contributed by atoms with Crippen molar-refractivity contribution in [2.45, 2.75) is 63.8 Å². The van der Waals surface area contributed by atoms with Gasteiger partial charge >= 0.3 is 0 Å². The second kappa shape index (κ2) is 6.18. The summed E-state index contributed by atoms with van der Waals surface area (Å²) >= 11 is 4.27. The maximum Gasteiger partial charge on any atom is 0.187 e. The molecule has 1 aliphatic carbocycles. The summed E-state index contributed by atoms with van der Waals surface area (Å²) < 4.78 is 6.29. The lowest BCUT2D eigenvalue weighted by Gasteiger charge is -2.31. The van der Waals surface area contributed by atoms with E-state index in [1.165, 1.54) is 44.6 Å². The second-order valence-corrected chi connectivity index (χ2v) is 9.67. The Labute approximate surface area is 95.2 Å². The van der Waals surface area contributed by atoms with Gasteiger partial charge in [0.2, 0.25) is 0 Å². The van der Waals surface area contributed by atoms with Crippen LogP contribution in [0, 0.1) is 0 Å².